The highest BCUT2D eigenvalue weighted by Crippen LogP contribution is 2.20. The molecule has 2 aromatic carbocycles. The van der Waals surface area contributed by atoms with Crippen LogP contribution in [0.15, 0.2) is 71.5 Å². The van der Waals surface area contributed by atoms with E-state index < -0.39 is 17.5 Å². The van der Waals surface area contributed by atoms with Gasteiger partial charge in [0, 0.05) is 50.1 Å². The summed E-state index contributed by atoms with van der Waals surface area (Å²) in [4.78, 5) is 51.1. The van der Waals surface area contributed by atoms with Crippen LogP contribution >= 0.6 is 0 Å². The molecule has 0 saturated carbocycles. The maximum atomic E-state index is 12.5. The number of hydrogen-bond donors (Lipinski definition) is 0. The van der Waals surface area contributed by atoms with Crippen molar-refractivity contribution in [3.05, 3.63) is 98.5 Å². The zero-order valence-electron chi connectivity index (χ0n) is 18.8. The van der Waals surface area contributed by atoms with Crippen molar-refractivity contribution in [2.24, 2.45) is 0 Å². The van der Waals surface area contributed by atoms with E-state index >= 15 is 0 Å². The van der Waals surface area contributed by atoms with E-state index in [-0.39, 0.29) is 29.4 Å². The molecule has 0 atom stereocenters. The Bertz CT molecular complexity index is 1270. The molecule has 1 fully saturated rings. The SMILES string of the molecule is O=C(OCC(=O)N1CCN(c2ccc([N+](=O)[O-])cc2)CC1)c1ccc(=O)n(Cc2ccccc2)n1. The molecule has 0 radical (unpaired) electrons. The zero-order valence-corrected chi connectivity index (χ0v) is 18.8. The topological polar surface area (TPSA) is 128 Å². The van der Waals surface area contributed by atoms with Gasteiger partial charge in [0.2, 0.25) is 0 Å². The highest BCUT2D eigenvalue weighted by Gasteiger charge is 2.23. The maximum Gasteiger partial charge on any atom is 0.359 e. The van der Waals surface area contributed by atoms with E-state index in [2.05, 4.69) is 5.10 Å². The van der Waals surface area contributed by atoms with Crippen LogP contribution in [0.3, 0.4) is 0 Å². The molecule has 1 aliphatic heterocycles. The standard InChI is InChI=1S/C24H23N5O6/c30-22-11-10-21(25-28(22)16-18-4-2-1-3-5-18)24(32)35-17-23(31)27-14-12-26(13-15-27)19-6-8-20(9-7-19)29(33)34/h1-11H,12-17H2. The summed E-state index contributed by atoms with van der Waals surface area (Å²) in [6.45, 7) is 1.71. The van der Waals surface area contributed by atoms with Crippen molar-refractivity contribution >= 4 is 23.3 Å². The van der Waals surface area contributed by atoms with Crippen LogP contribution < -0.4 is 10.5 Å². The Morgan fingerprint density at radius 3 is 2.29 bits per heavy atom. The predicted octanol–water partition coefficient (Wildman–Crippen LogP) is 1.71. The number of piperazine rings is 1. The van der Waals surface area contributed by atoms with Crippen molar-refractivity contribution < 1.29 is 19.2 Å². The van der Waals surface area contributed by atoms with Gasteiger partial charge in [0.15, 0.2) is 12.3 Å². The number of non-ortho nitro benzene ring substituents is 1. The Morgan fingerprint density at radius 2 is 1.63 bits per heavy atom. The van der Waals surface area contributed by atoms with Crippen molar-refractivity contribution in [2.45, 2.75) is 6.54 Å². The lowest BCUT2D eigenvalue weighted by Gasteiger charge is -2.36. The summed E-state index contributed by atoms with van der Waals surface area (Å²) in [6, 6.07) is 18.0. The van der Waals surface area contributed by atoms with Gasteiger partial charge in [-0.1, -0.05) is 30.3 Å². The normalized spacial score (nSPS) is 13.4. The van der Waals surface area contributed by atoms with Crippen LogP contribution in [0.4, 0.5) is 11.4 Å². The van der Waals surface area contributed by atoms with Crippen LogP contribution in [0.25, 0.3) is 0 Å². The molecule has 1 aliphatic rings. The molecule has 1 amide bonds. The first-order chi connectivity index (χ1) is 16.9. The predicted molar refractivity (Wildman–Crippen MR) is 126 cm³/mol. The van der Waals surface area contributed by atoms with Crippen LogP contribution in [0.1, 0.15) is 16.1 Å². The van der Waals surface area contributed by atoms with Crippen molar-refractivity contribution in [3.8, 4) is 0 Å². The van der Waals surface area contributed by atoms with Gasteiger partial charge < -0.3 is 14.5 Å². The van der Waals surface area contributed by atoms with Gasteiger partial charge in [-0.15, -0.1) is 0 Å². The zero-order chi connectivity index (χ0) is 24.8. The summed E-state index contributed by atoms with van der Waals surface area (Å²) < 4.78 is 6.32. The molecule has 35 heavy (non-hydrogen) atoms. The maximum absolute atomic E-state index is 12.5. The number of ether oxygens (including phenoxy) is 1. The summed E-state index contributed by atoms with van der Waals surface area (Å²) in [7, 11) is 0. The number of hydrogen-bond acceptors (Lipinski definition) is 8. The minimum atomic E-state index is -0.787. The minimum Gasteiger partial charge on any atom is -0.451 e. The average Bonchev–Trinajstić information content (AvgIpc) is 2.89. The number of carbonyl (C=O) groups is 2. The molecule has 0 unspecified atom stereocenters. The number of nitro benzene ring substituents is 1. The molecule has 180 valence electrons. The smallest absolute Gasteiger partial charge is 0.359 e. The molecular weight excluding hydrogens is 454 g/mol. The Kier molecular flexibility index (Phi) is 7.15. The van der Waals surface area contributed by atoms with Gasteiger partial charge in [-0.05, 0) is 23.8 Å². The number of rotatable bonds is 7. The number of benzene rings is 2. The van der Waals surface area contributed by atoms with E-state index in [4.69, 9.17) is 4.74 Å². The van der Waals surface area contributed by atoms with Crippen molar-refractivity contribution in [2.75, 3.05) is 37.7 Å². The number of nitrogens with zero attached hydrogens (tertiary/aromatic N) is 5. The summed E-state index contributed by atoms with van der Waals surface area (Å²) in [6.07, 6.45) is 0. The molecule has 0 spiro atoms. The highest BCUT2D eigenvalue weighted by atomic mass is 16.6. The Balaban J connectivity index is 1.29. The van der Waals surface area contributed by atoms with Crippen LogP contribution in [0, 0.1) is 10.1 Å². The molecule has 1 aromatic heterocycles. The van der Waals surface area contributed by atoms with Gasteiger partial charge in [0.05, 0.1) is 11.5 Å². The van der Waals surface area contributed by atoms with Crippen LogP contribution in [-0.2, 0) is 16.1 Å². The second-order valence-corrected chi connectivity index (χ2v) is 7.92. The average molecular weight is 477 g/mol. The van der Waals surface area contributed by atoms with Crippen molar-refractivity contribution in [1.82, 2.24) is 14.7 Å². The summed E-state index contributed by atoms with van der Waals surface area (Å²) in [5, 5.41) is 14.9. The Morgan fingerprint density at radius 1 is 0.943 bits per heavy atom. The third-order valence-electron chi connectivity index (χ3n) is 5.64. The van der Waals surface area contributed by atoms with Crippen molar-refractivity contribution in [1.29, 1.82) is 0 Å². The molecule has 0 aliphatic carbocycles. The highest BCUT2D eigenvalue weighted by molar-refractivity contribution is 5.89. The molecule has 4 rings (SSSR count). The lowest BCUT2D eigenvalue weighted by atomic mass is 10.2. The Labute approximate surface area is 200 Å². The van der Waals surface area contributed by atoms with E-state index in [9.17, 15) is 24.5 Å². The van der Waals surface area contributed by atoms with Gasteiger partial charge in [0.25, 0.3) is 17.2 Å². The van der Waals surface area contributed by atoms with Crippen molar-refractivity contribution in [3.63, 3.8) is 0 Å². The number of carbonyl (C=O) groups excluding carboxylic acids is 2. The van der Waals surface area contributed by atoms with Gasteiger partial charge in [-0.3, -0.25) is 19.7 Å². The molecule has 0 bridgehead atoms. The Hall–Kier alpha value is -4.54. The van der Waals surface area contributed by atoms with Crippen LogP contribution in [0.2, 0.25) is 0 Å². The lowest BCUT2D eigenvalue weighted by Crippen LogP contribution is -2.49. The molecule has 11 heteroatoms. The number of anilines is 1. The molecule has 2 heterocycles. The second kappa shape index (κ2) is 10.6. The third kappa shape index (κ3) is 5.88. The molecule has 0 N–H and O–H groups in total. The van der Waals surface area contributed by atoms with Crippen LogP contribution in [0.5, 0.6) is 0 Å². The fourth-order valence-corrected chi connectivity index (χ4v) is 3.72. The lowest BCUT2D eigenvalue weighted by molar-refractivity contribution is -0.384. The number of esters is 1. The first kappa shape index (κ1) is 23.6. The van der Waals surface area contributed by atoms with Gasteiger partial charge in [-0.25, -0.2) is 9.48 Å². The largest absolute Gasteiger partial charge is 0.451 e. The molecule has 11 nitrogen and oxygen atoms in total. The van der Waals surface area contributed by atoms with Crippen LogP contribution in [-0.4, -0.2) is 64.3 Å². The minimum absolute atomic E-state index is 0.0225. The summed E-state index contributed by atoms with van der Waals surface area (Å²) >= 11 is 0. The number of aromatic nitrogens is 2. The second-order valence-electron chi connectivity index (χ2n) is 7.92. The monoisotopic (exact) mass is 477 g/mol. The summed E-state index contributed by atoms with van der Waals surface area (Å²) in [5.41, 5.74) is 1.31. The molecular formula is C24H23N5O6. The van der Waals surface area contributed by atoms with E-state index in [1.807, 2.05) is 35.2 Å². The fourth-order valence-electron chi connectivity index (χ4n) is 3.72. The third-order valence-corrected chi connectivity index (χ3v) is 5.64. The molecule has 1 saturated heterocycles. The van der Waals surface area contributed by atoms with E-state index in [0.29, 0.717) is 26.2 Å². The summed E-state index contributed by atoms with van der Waals surface area (Å²) in [5.74, 6) is -1.12. The van der Waals surface area contributed by atoms with Gasteiger partial charge >= 0.3 is 5.97 Å². The van der Waals surface area contributed by atoms with E-state index in [1.165, 1.54) is 28.9 Å². The fraction of sp³-hybridized carbons (Fsp3) is 0.250. The van der Waals surface area contributed by atoms with E-state index in [1.54, 1.807) is 17.0 Å². The molecule has 3 aromatic rings. The van der Waals surface area contributed by atoms with Gasteiger partial charge in [-0.2, -0.15) is 5.10 Å². The first-order valence-electron chi connectivity index (χ1n) is 11.0. The number of amides is 1. The quantitative estimate of drug-likeness (QED) is 0.286. The number of nitro groups is 1. The van der Waals surface area contributed by atoms with Gasteiger partial charge in [0.1, 0.15) is 0 Å². The van der Waals surface area contributed by atoms with E-state index in [0.717, 1.165) is 11.3 Å². The first-order valence-corrected chi connectivity index (χ1v) is 11.0.